The zero-order chi connectivity index (χ0) is 25.8. The van der Waals surface area contributed by atoms with Crippen LogP contribution < -0.4 is 14.4 Å². The molecule has 0 aliphatic carbocycles. The number of hydrogen-bond acceptors (Lipinski definition) is 6. The smallest absolute Gasteiger partial charge is 0.368 e. The van der Waals surface area contributed by atoms with Gasteiger partial charge in [-0.15, -0.1) is 11.8 Å². The molecule has 11 heteroatoms. The van der Waals surface area contributed by atoms with Gasteiger partial charge in [0, 0.05) is 18.3 Å². The molecule has 0 saturated carbocycles. The number of anilines is 2. The first-order chi connectivity index (χ1) is 16.6. The summed E-state index contributed by atoms with van der Waals surface area (Å²) in [4.78, 5) is 13.0. The summed E-state index contributed by atoms with van der Waals surface area (Å²) in [6.07, 6.45) is 4.95. The SMILES string of the molecule is CCCCC1(CC)CN(c2ccc(F)cc2)c2cc(SC)c(O/C=C(\F)C(=O)O)cc2S(=O)(=O)N1. The van der Waals surface area contributed by atoms with Gasteiger partial charge in [0.1, 0.15) is 22.7 Å². The number of ether oxygens (including phenoxy) is 1. The van der Waals surface area contributed by atoms with Crippen molar-refractivity contribution in [3.05, 3.63) is 54.3 Å². The highest BCUT2D eigenvalue weighted by Crippen LogP contribution is 2.43. The molecule has 2 aromatic rings. The Labute approximate surface area is 208 Å². The zero-order valence-electron chi connectivity index (χ0n) is 19.7. The van der Waals surface area contributed by atoms with Crippen LogP contribution in [-0.2, 0) is 14.8 Å². The number of aliphatic carboxylic acids is 1. The molecule has 1 heterocycles. The molecule has 0 spiro atoms. The van der Waals surface area contributed by atoms with Gasteiger partial charge >= 0.3 is 5.97 Å². The number of benzene rings is 2. The van der Waals surface area contributed by atoms with E-state index in [1.165, 1.54) is 30.0 Å². The van der Waals surface area contributed by atoms with E-state index in [-0.39, 0.29) is 10.6 Å². The van der Waals surface area contributed by atoms with Crippen LogP contribution in [0, 0.1) is 5.82 Å². The number of nitrogens with one attached hydrogen (secondary N) is 1. The molecule has 3 rings (SSSR count). The number of carbonyl (C=O) groups is 1. The first-order valence-electron chi connectivity index (χ1n) is 11.1. The van der Waals surface area contributed by atoms with Gasteiger partial charge in [-0.25, -0.2) is 22.3 Å². The molecule has 1 aliphatic rings. The largest absolute Gasteiger partial charge is 0.476 e. The lowest BCUT2D eigenvalue weighted by atomic mass is 9.89. The summed E-state index contributed by atoms with van der Waals surface area (Å²) in [6.45, 7) is 4.25. The summed E-state index contributed by atoms with van der Waals surface area (Å²) >= 11 is 1.23. The molecule has 1 atom stereocenters. The lowest BCUT2D eigenvalue weighted by Gasteiger charge is -2.36. The molecule has 0 amide bonds. The minimum absolute atomic E-state index is 0.00497. The molecule has 190 valence electrons. The maximum atomic E-state index is 13.7. The van der Waals surface area contributed by atoms with Crippen molar-refractivity contribution >= 4 is 39.1 Å². The Kier molecular flexibility index (Phi) is 8.45. The predicted molar refractivity (Wildman–Crippen MR) is 132 cm³/mol. The van der Waals surface area contributed by atoms with Gasteiger partial charge < -0.3 is 14.7 Å². The van der Waals surface area contributed by atoms with Crippen LogP contribution in [0.2, 0.25) is 0 Å². The Morgan fingerprint density at radius 2 is 1.97 bits per heavy atom. The molecule has 0 aromatic heterocycles. The van der Waals surface area contributed by atoms with E-state index in [1.807, 2.05) is 18.7 Å². The molecule has 1 unspecified atom stereocenters. The Morgan fingerprint density at radius 1 is 1.29 bits per heavy atom. The number of halogens is 2. The molecule has 7 nitrogen and oxygen atoms in total. The fourth-order valence-electron chi connectivity index (χ4n) is 3.99. The highest BCUT2D eigenvalue weighted by atomic mass is 32.2. The number of rotatable bonds is 9. The standard InChI is InChI=1S/C24H28F2N2O5S2/c1-4-6-11-24(5-2)15-28(17-9-7-16(25)8-10-17)19-12-21(34-3)20(33-14-18(26)23(29)30)13-22(19)35(31,32)27-24/h7-10,12-14,27H,4-6,11,15H2,1-3H3,(H,29,30)/b18-14-. The normalized spacial score (nSPS) is 19.7. The van der Waals surface area contributed by atoms with Crippen molar-refractivity contribution in [1.29, 1.82) is 0 Å². The third-order valence-corrected chi connectivity index (χ3v) is 8.32. The molecular formula is C24H28F2N2O5S2. The third-order valence-electron chi connectivity index (χ3n) is 5.95. The van der Waals surface area contributed by atoms with E-state index in [0.717, 1.165) is 12.8 Å². The van der Waals surface area contributed by atoms with Gasteiger partial charge in [-0.1, -0.05) is 26.7 Å². The molecule has 2 aromatic carbocycles. The Morgan fingerprint density at radius 3 is 2.54 bits per heavy atom. The molecule has 0 saturated heterocycles. The summed E-state index contributed by atoms with van der Waals surface area (Å²) in [6, 6.07) is 8.67. The summed E-state index contributed by atoms with van der Waals surface area (Å²) in [5.41, 5.74) is 0.173. The number of carboxylic acid groups (broad SMARTS) is 1. The second kappa shape index (κ2) is 11.0. The molecule has 1 aliphatic heterocycles. The number of nitrogens with zero attached hydrogens (tertiary/aromatic N) is 1. The van der Waals surface area contributed by atoms with Crippen LogP contribution in [-0.4, -0.2) is 37.8 Å². The lowest BCUT2D eigenvalue weighted by Crippen LogP contribution is -2.52. The number of unbranched alkanes of at least 4 members (excludes halogenated alkanes) is 1. The van der Waals surface area contributed by atoms with E-state index < -0.39 is 33.2 Å². The number of fused-ring (bicyclic) bond motifs is 1. The van der Waals surface area contributed by atoms with Crippen LogP contribution in [0.1, 0.15) is 39.5 Å². The molecule has 0 fully saturated rings. The minimum Gasteiger partial charge on any atom is -0.476 e. The first-order valence-corrected chi connectivity index (χ1v) is 13.8. The molecule has 2 N–H and O–H groups in total. The van der Waals surface area contributed by atoms with E-state index in [0.29, 0.717) is 41.9 Å². The fraction of sp³-hybridized carbons (Fsp3) is 0.375. The molecule has 35 heavy (non-hydrogen) atoms. The summed E-state index contributed by atoms with van der Waals surface area (Å²) in [7, 11) is -4.07. The monoisotopic (exact) mass is 526 g/mol. The van der Waals surface area contributed by atoms with Gasteiger partial charge in [-0.05, 0) is 49.4 Å². The van der Waals surface area contributed by atoms with Crippen molar-refractivity contribution in [2.24, 2.45) is 0 Å². The van der Waals surface area contributed by atoms with Gasteiger partial charge in [0.15, 0.2) is 0 Å². The number of thioether (sulfide) groups is 1. The zero-order valence-corrected chi connectivity index (χ0v) is 21.3. The Hall–Kier alpha value is -2.63. The fourth-order valence-corrected chi connectivity index (χ4v) is 6.23. The summed E-state index contributed by atoms with van der Waals surface area (Å²) in [5.74, 6) is -3.74. The number of hydrogen-bond donors (Lipinski definition) is 2. The van der Waals surface area contributed by atoms with Crippen LogP contribution in [0.3, 0.4) is 0 Å². The quantitative estimate of drug-likeness (QED) is 0.250. The number of sulfonamides is 1. The maximum Gasteiger partial charge on any atom is 0.368 e. The van der Waals surface area contributed by atoms with Crippen LogP contribution in [0.15, 0.2) is 58.3 Å². The van der Waals surface area contributed by atoms with Crippen molar-refractivity contribution in [2.45, 2.75) is 54.9 Å². The van der Waals surface area contributed by atoms with Crippen molar-refractivity contribution in [2.75, 3.05) is 17.7 Å². The lowest BCUT2D eigenvalue weighted by molar-refractivity contribution is -0.134. The minimum atomic E-state index is -4.07. The average molecular weight is 527 g/mol. The Balaban J connectivity index is 2.25. The van der Waals surface area contributed by atoms with Crippen molar-refractivity contribution in [3.8, 4) is 5.75 Å². The highest BCUT2D eigenvalue weighted by molar-refractivity contribution is 7.98. The van der Waals surface area contributed by atoms with Gasteiger partial charge in [0.05, 0.1) is 16.1 Å². The van der Waals surface area contributed by atoms with Crippen LogP contribution in [0.5, 0.6) is 5.75 Å². The summed E-state index contributed by atoms with van der Waals surface area (Å²) in [5, 5.41) is 8.77. The van der Waals surface area contributed by atoms with Crippen molar-refractivity contribution in [1.82, 2.24) is 4.72 Å². The van der Waals surface area contributed by atoms with E-state index in [1.54, 1.807) is 24.5 Å². The maximum absolute atomic E-state index is 13.7. The van der Waals surface area contributed by atoms with Gasteiger partial charge in [-0.3, -0.25) is 0 Å². The van der Waals surface area contributed by atoms with E-state index >= 15 is 0 Å². The average Bonchev–Trinajstić information content (AvgIpc) is 2.93. The number of carboxylic acids is 1. The second-order valence-corrected chi connectivity index (χ2v) is 10.8. The van der Waals surface area contributed by atoms with Crippen LogP contribution in [0.4, 0.5) is 20.2 Å². The third kappa shape index (κ3) is 5.96. The second-order valence-electron chi connectivity index (χ2n) is 8.27. The first kappa shape index (κ1) is 27.0. The van der Waals surface area contributed by atoms with Gasteiger partial charge in [-0.2, -0.15) is 4.39 Å². The van der Waals surface area contributed by atoms with E-state index in [4.69, 9.17) is 9.84 Å². The molecule has 0 radical (unpaired) electrons. The van der Waals surface area contributed by atoms with Crippen molar-refractivity contribution in [3.63, 3.8) is 0 Å². The summed E-state index contributed by atoms with van der Waals surface area (Å²) < 4.78 is 62.6. The van der Waals surface area contributed by atoms with E-state index in [2.05, 4.69) is 4.72 Å². The van der Waals surface area contributed by atoms with Gasteiger partial charge in [0.2, 0.25) is 15.9 Å². The topological polar surface area (TPSA) is 95.9 Å². The van der Waals surface area contributed by atoms with Crippen LogP contribution >= 0.6 is 11.8 Å². The predicted octanol–water partition coefficient (Wildman–Crippen LogP) is 5.59. The van der Waals surface area contributed by atoms with E-state index in [9.17, 15) is 22.0 Å². The molecule has 0 bridgehead atoms. The Bertz CT molecular complexity index is 1220. The van der Waals surface area contributed by atoms with Crippen molar-refractivity contribution < 1.29 is 31.8 Å². The van der Waals surface area contributed by atoms with Crippen LogP contribution in [0.25, 0.3) is 0 Å². The van der Waals surface area contributed by atoms with Gasteiger partial charge in [0.25, 0.3) is 0 Å². The molecular weight excluding hydrogens is 498 g/mol. The highest BCUT2D eigenvalue weighted by Gasteiger charge is 2.41.